The highest BCUT2D eigenvalue weighted by Crippen LogP contribution is 2.31. The maximum Gasteiger partial charge on any atom is 0.416 e. The molecule has 2 atom stereocenters. The van der Waals surface area contributed by atoms with Crippen LogP contribution in [0.15, 0.2) is 18.2 Å². The molecular formula is C14H17F3N4O. The van der Waals surface area contributed by atoms with Crippen molar-refractivity contribution < 1.29 is 18.0 Å². The van der Waals surface area contributed by atoms with Gasteiger partial charge in [-0.3, -0.25) is 10.1 Å². The first kappa shape index (κ1) is 16.3. The number of carbonyl (C=O) groups is 1. The number of benzene rings is 1. The van der Waals surface area contributed by atoms with Crippen LogP contribution in [0.3, 0.4) is 0 Å². The second-order valence-electron chi connectivity index (χ2n) is 5.22. The van der Waals surface area contributed by atoms with Gasteiger partial charge < -0.3 is 10.7 Å². The van der Waals surface area contributed by atoms with Crippen molar-refractivity contribution in [1.82, 2.24) is 9.97 Å². The summed E-state index contributed by atoms with van der Waals surface area (Å²) >= 11 is 0. The van der Waals surface area contributed by atoms with E-state index in [2.05, 4.69) is 15.3 Å². The number of alkyl halides is 3. The van der Waals surface area contributed by atoms with Crippen LogP contribution in [0.25, 0.3) is 11.0 Å². The van der Waals surface area contributed by atoms with E-state index in [-0.39, 0.29) is 17.4 Å². The molecule has 2 aromatic rings. The third kappa shape index (κ3) is 3.38. The van der Waals surface area contributed by atoms with Crippen molar-refractivity contribution in [2.75, 3.05) is 5.32 Å². The number of hydrogen-bond donors (Lipinski definition) is 3. The highest BCUT2D eigenvalue weighted by atomic mass is 19.4. The molecule has 0 bridgehead atoms. The molecule has 1 aromatic heterocycles. The number of nitrogens with zero attached hydrogens (tertiary/aromatic N) is 1. The van der Waals surface area contributed by atoms with Gasteiger partial charge in [-0.15, -0.1) is 0 Å². The summed E-state index contributed by atoms with van der Waals surface area (Å²) in [6.07, 6.45) is -3.69. The Kier molecular flexibility index (Phi) is 4.41. The summed E-state index contributed by atoms with van der Waals surface area (Å²) in [6.45, 7) is 3.76. The summed E-state index contributed by atoms with van der Waals surface area (Å²) in [6, 6.07) is 2.44. The highest BCUT2D eigenvalue weighted by molar-refractivity contribution is 5.94. The highest BCUT2D eigenvalue weighted by Gasteiger charge is 2.30. The van der Waals surface area contributed by atoms with Crippen molar-refractivity contribution in [3.63, 3.8) is 0 Å². The lowest BCUT2D eigenvalue weighted by Gasteiger charge is -2.16. The lowest BCUT2D eigenvalue weighted by Crippen LogP contribution is -2.40. The number of aromatic amines is 1. The zero-order chi connectivity index (χ0) is 16.5. The monoisotopic (exact) mass is 314 g/mol. The van der Waals surface area contributed by atoms with E-state index in [0.29, 0.717) is 5.52 Å². The summed E-state index contributed by atoms with van der Waals surface area (Å²) in [4.78, 5) is 18.6. The van der Waals surface area contributed by atoms with Crippen LogP contribution >= 0.6 is 0 Å². The van der Waals surface area contributed by atoms with E-state index >= 15 is 0 Å². The molecule has 120 valence electrons. The largest absolute Gasteiger partial charge is 0.416 e. The SMILES string of the molecule is CCC(C)C(N)C(=O)Nc1nc2ccc(C(F)(F)F)cc2[nH]1. The van der Waals surface area contributed by atoms with Crippen molar-refractivity contribution in [1.29, 1.82) is 0 Å². The van der Waals surface area contributed by atoms with Gasteiger partial charge in [-0.1, -0.05) is 20.3 Å². The van der Waals surface area contributed by atoms with E-state index in [1.54, 1.807) is 0 Å². The first-order valence-electron chi connectivity index (χ1n) is 6.85. The Morgan fingerprint density at radius 1 is 1.45 bits per heavy atom. The van der Waals surface area contributed by atoms with Crippen LogP contribution in [0.2, 0.25) is 0 Å². The zero-order valence-corrected chi connectivity index (χ0v) is 12.2. The number of carbonyl (C=O) groups excluding carboxylic acids is 1. The molecule has 2 rings (SSSR count). The Morgan fingerprint density at radius 3 is 2.73 bits per heavy atom. The Balaban J connectivity index is 2.21. The molecule has 0 aliphatic carbocycles. The van der Waals surface area contributed by atoms with Crippen molar-refractivity contribution >= 4 is 22.9 Å². The van der Waals surface area contributed by atoms with Crippen LogP contribution in [0.4, 0.5) is 19.1 Å². The number of nitrogens with two attached hydrogens (primary N) is 1. The average Bonchev–Trinajstić information content (AvgIpc) is 2.85. The number of aromatic nitrogens is 2. The van der Waals surface area contributed by atoms with Gasteiger partial charge in [-0.25, -0.2) is 4.98 Å². The molecule has 0 aliphatic rings. The summed E-state index contributed by atoms with van der Waals surface area (Å²) in [7, 11) is 0. The topological polar surface area (TPSA) is 83.8 Å². The van der Waals surface area contributed by atoms with Crippen LogP contribution in [0.1, 0.15) is 25.8 Å². The van der Waals surface area contributed by atoms with Crippen LogP contribution in [-0.4, -0.2) is 21.9 Å². The quantitative estimate of drug-likeness (QED) is 0.811. The second-order valence-corrected chi connectivity index (χ2v) is 5.22. The van der Waals surface area contributed by atoms with E-state index < -0.39 is 23.7 Å². The number of halogens is 3. The summed E-state index contributed by atoms with van der Waals surface area (Å²) in [5.74, 6) is -0.358. The Morgan fingerprint density at radius 2 is 2.14 bits per heavy atom. The molecule has 5 nitrogen and oxygen atoms in total. The lowest BCUT2D eigenvalue weighted by atomic mass is 10.00. The number of hydrogen-bond acceptors (Lipinski definition) is 3. The van der Waals surface area contributed by atoms with Crippen molar-refractivity contribution in [2.45, 2.75) is 32.5 Å². The minimum Gasteiger partial charge on any atom is -0.324 e. The van der Waals surface area contributed by atoms with Crippen LogP contribution in [0, 0.1) is 5.92 Å². The molecule has 0 fully saturated rings. The van der Waals surface area contributed by atoms with Crippen LogP contribution < -0.4 is 11.1 Å². The predicted molar refractivity (Wildman–Crippen MR) is 77.2 cm³/mol. The van der Waals surface area contributed by atoms with Gasteiger partial charge in [0, 0.05) is 0 Å². The van der Waals surface area contributed by atoms with Crippen LogP contribution in [0.5, 0.6) is 0 Å². The van der Waals surface area contributed by atoms with Gasteiger partial charge in [-0.05, 0) is 24.1 Å². The minimum atomic E-state index is -4.43. The number of anilines is 1. The third-order valence-corrected chi connectivity index (χ3v) is 3.61. The Labute approximate surface area is 125 Å². The minimum absolute atomic E-state index is 0.0128. The molecule has 0 spiro atoms. The fourth-order valence-corrected chi connectivity index (χ4v) is 1.96. The maximum absolute atomic E-state index is 12.6. The number of amides is 1. The van der Waals surface area contributed by atoms with Gasteiger partial charge in [0.1, 0.15) is 0 Å². The van der Waals surface area contributed by atoms with Gasteiger partial charge in [-0.2, -0.15) is 13.2 Å². The van der Waals surface area contributed by atoms with E-state index in [4.69, 9.17) is 5.73 Å². The molecule has 0 radical (unpaired) electrons. The molecule has 1 amide bonds. The maximum atomic E-state index is 12.6. The molecular weight excluding hydrogens is 297 g/mol. The molecule has 0 saturated carbocycles. The summed E-state index contributed by atoms with van der Waals surface area (Å²) < 4.78 is 37.9. The van der Waals surface area contributed by atoms with E-state index in [1.807, 2.05) is 13.8 Å². The summed E-state index contributed by atoms with van der Waals surface area (Å²) in [5, 5.41) is 2.49. The van der Waals surface area contributed by atoms with E-state index in [0.717, 1.165) is 18.6 Å². The first-order chi connectivity index (χ1) is 10.2. The van der Waals surface area contributed by atoms with Gasteiger partial charge in [0.05, 0.1) is 22.6 Å². The molecule has 2 unspecified atom stereocenters. The molecule has 0 saturated heterocycles. The van der Waals surface area contributed by atoms with Crippen LogP contribution in [-0.2, 0) is 11.0 Å². The van der Waals surface area contributed by atoms with Crippen molar-refractivity contribution in [3.8, 4) is 0 Å². The number of H-pyrrole nitrogens is 1. The molecule has 0 aliphatic heterocycles. The summed E-state index contributed by atoms with van der Waals surface area (Å²) in [5.41, 5.74) is 5.54. The normalized spacial score (nSPS) is 14.8. The van der Waals surface area contributed by atoms with Crippen molar-refractivity contribution in [2.24, 2.45) is 11.7 Å². The van der Waals surface area contributed by atoms with Gasteiger partial charge >= 0.3 is 6.18 Å². The molecule has 22 heavy (non-hydrogen) atoms. The molecule has 1 heterocycles. The van der Waals surface area contributed by atoms with Crippen molar-refractivity contribution in [3.05, 3.63) is 23.8 Å². The second kappa shape index (κ2) is 5.96. The third-order valence-electron chi connectivity index (χ3n) is 3.61. The number of nitrogens with one attached hydrogen (secondary N) is 2. The molecule has 1 aromatic carbocycles. The smallest absolute Gasteiger partial charge is 0.324 e. The Hall–Kier alpha value is -2.09. The number of imidazole rings is 1. The predicted octanol–water partition coefficient (Wildman–Crippen LogP) is 2.89. The zero-order valence-electron chi connectivity index (χ0n) is 12.2. The van der Waals surface area contributed by atoms with Gasteiger partial charge in [0.15, 0.2) is 0 Å². The Bertz CT molecular complexity index is 680. The van der Waals surface area contributed by atoms with Gasteiger partial charge in [0.25, 0.3) is 0 Å². The first-order valence-corrected chi connectivity index (χ1v) is 6.85. The average molecular weight is 314 g/mol. The fraction of sp³-hybridized carbons (Fsp3) is 0.429. The lowest BCUT2D eigenvalue weighted by molar-refractivity contribution is -0.137. The van der Waals surface area contributed by atoms with E-state index in [1.165, 1.54) is 6.07 Å². The molecule has 8 heteroatoms. The van der Waals surface area contributed by atoms with Gasteiger partial charge in [0.2, 0.25) is 11.9 Å². The standard InChI is InChI=1S/C14H17F3N4O/c1-3-7(2)11(18)12(22)21-13-19-9-5-4-8(14(15,16)17)6-10(9)20-13/h4-7,11H,3,18H2,1-2H3,(H2,19,20,21,22). The number of fused-ring (bicyclic) bond motifs is 1. The number of rotatable bonds is 4. The van der Waals surface area contributed by atoms with E-state index in [9.17, 15) is 18.0 Å². The molecule has 4 N–H and O–H groups in total. The fourth-order valence-electron chi connectivity index (χ4n) is 1.96.